The van der Waals surface area contributed by atoms with Gasteiger partial charge in [-0.05, 0) is 64.7 Å². The Balaban J connectivity index is 2.22. The summed E-state index contributed by atoms with van der Waals surface area (Å²) in [6.45, 7) is 13.6. The molecule has 1 aliphatic heterocycles. The van der Waals surface area contributed by atoms with E-state index in [9.17, 15) is 0 Å². The van der Waals surface area contributed by atoms with Crippen molar-refractivity contribution in [2.24, 2.45) is 23.0 Å². The summed E-state index contributed by atoms with van der Waals surface area (Å²) >= 11 is 0. The molecule has 2 unspecified atom stereocenters. The van der Waals surface area contributed by atoms with Crippen LogP contribution in [0, 0.1) is 17.3 Å². The van der Waals surface area contributed by atoms with E-state index in [0.29, 0.717) is 11.3 Å². The zero-order valence-corrected chi connectivity index (χ0v) is 14.5. The van der Waals surface area contributed by atoms with E-state index < -0.39 is 0 Å². The fourth-order valence-electron chi connectivity index (χ4n) is 5.16. The molecule has 1 saturated heterocycles. The second kappa shape index (κ2) is 5.28. The molecule has 1 saturated carbocycles. The Kier molecular flexibility index (Phi) is 4.30. The molecule has 0 amide bonds. The maximum atomic E-state index is 6.88. The number of rotatable bonds is 4. The molecule has 2 aliphatic rings. The molecule has 2 heteroatoms. The molecule has 0 bridgehead atoms. The zero-order valence-electron chi connectivity index (χ0n) is 14.5. The van der Waals surface area contributed by atoms with Crippen molar-refractivity contribution in [1.82, 2.24) is 0 Å². The first-order valence-corrected chi connectivity index (χ1v) is 8.54. The Bertz CT molecular complexity index is 339. The molecule has 118 valence electrons. The molecule has 2 nitrogen and oxygen atoms in total. The lowest BCUT2D eigenvalue weighted by molar-refractivity contribution is -0.0817. The highest BCUT2D eigenvalue weighted by atomic mass is 16.5. The zero-order chi connectivity index (χ0) is 15.2. The van der Waals surface area contributed by atoms with Crippen LogP contribution in [0.3, 0.4) is 0 Å². The molecule has 1 heterocycles. The van der Waals surface area contributed by atoms with Gasteiger partial charge in [-0.1, -0.05) is 26.7 Å². The topological polar surface area (TPSA) is 35.2 Å². The first kappa shape index (κ1) is 16.3. The minimum Gasteiger partial charge on any atom is -0.369 e. The molecule has 0 aromatic carbocycles. The summed E-state index contributed by atoms with van der Waals surface area (Å²) in [5.41, 5.74) is 7.13. The largest absolute Gasteiger partial charge is 0.369 e. The highest BCUT2D eigenvalue weighted by Crippen LogP contribution is 2.53. The second-order valence-electron chi connectivity index (χ2n) is 8.97. The Labute approximate surface area is 125 Å². The predicted octanol–water partition coefficient (Wildman–Crippen LogP) is 4.51. The highest BCUT2D eigenvalue weighted by Gasteiger charge is 2.53. The van der Waals surface area contributed by atoms with Crippen molar-refractivity contribution >= 4 is 0 Å². The Hall–Kier alpha value is -0.0800. The molecule has 0 spiro atoms. The maximum absolute atomic E-state index is 6.88. The van der Waals surface area contributed by atoms with Gasteiger partial charge in [0.15, 0.2) is 0 Å². The molecular formula is C18H35NO. The molecule has 2 fully saturated rings. The third kappa shape index (κ3) is 3.06. The van der Waals surface area contributed by atoms with Crippen LogP contribution in [0.1, 0.15) is 80.1 Å². The van der Waals surface area contributed by atoms with Gasteiger partial charge in [-0.25, -0.2) is 0 Å². The van der Waals surface area contributed by atoms with Crippen molar-refractivity contribution in [3.8, 4) is 0 Å². The van der Waals surface area contributed by atoms with Crippen molar-refractivity contribution in [1.29, 1.82) is 0 Å². The van der Waals surface area contributed by atoms with Gasteiger partial charge >= 0.3 is 0 Å². The average Bonchev–Trinajstić information content (AvgIpc) is 2.79. The lowest BCUT2D eigenvalue weighted by Crippen LogP contribution is -2.51. The van der Waals surface area contributed by atoms with Crippen molar-refractivity contribution in [2.45, 2.75) is 97.3 Å². The van der Waals surface area contributed by atoms with Crippen LogP contribution < -0.4 is 5.73 Å². The summed E-state index contributed by atoms with van der Waals surface area (Å²) in [7, 11) is 0. The number of hydrogen-bond acceptors (Lipinski definition) is 2. The van der Waals surface area contributed by atoms with Crippen LogP contribution >= 0.6 is 0 Å². The monoisotopic (exact) mass is 281 g/mol. The van der Waals surface area contributed by atoms with E-state index in [0.717, 1.165) is 12.3 Å². The average molecular weight is 281 g/mol. The molecule has 2 atom stereocenters. The number of nitrogens with two attached hydrogens (primary N) is 1. The predicted molar refractivity (Wildman–Crippen MR) is 85.7 cm³/mol. The van der Waals surface area contributed by atoms with Gasteiger partial charge in [0.25, 0.3) is 0 Å². The minimum atomic E-state index is -0.0878. The van der Waals surface area contributed by atoms with E-state index in [1.54, 1.807) is 0 Å². The lowest BCUT2D eigenvalue weighted by Gasteiger charge is -2.43. The van der Waals surface area contributed by atoms with Crippen molar-refractivity contribution in [3.63, 3.8) is 0 Å². The Morgan fingerprint density at radius 1 is 1.10 bits per heavy atom. The molecule has 2 rings (SSSR count). The van der Waals surface area contributed by atoms with E-state index in [4.69, 9.17) is 10.5 Å². The fourth-order valence-corrected chi connectivity index (χ4v) is 5.16. The molecular weight excluding hydrogens is 246 g/mol. The Morgan fingerprint density at radius 2 is 1.65 bits per heavy atom. The number of ether oxygens (including phenoxy) is 1. The van der Waals surface area contributed by atoms with Crippen LogP contribution in [0.15, 0.2) is 0 Å². The van der Waals surface area contributed by atoms with E-state index in [1.165, 1.54) is 32.1 Å². The first-order chi connectivity index (χ1) is 9.08. The summed E-state index contributed by atoms with van der Waals surface area (Å²) < 4.78 is 6.30. The highest BCUT2D eigenvalue weighted by molar-refractivity contribution is 5.05. The van der Waals surface area contributed by atoms with Gasteiger partial charge in [-0.2, -0.15) is 0 Å². The van der Waals surface area contributed by atoms with Gasteiger partial charge in [-0.3, -0.25) is 0 Å². The van der Waals surface area contributed by atoms with E-state index >= 15 is 0 Å². The van der Waals surface area contributed by atoms with Gasteiger partial charge < -0.3 is 10.5 Å². The third-order valence-corrected chi connectivity index (χ3v) is 5.70. The van der Waals surface area contributed by atoms with Gasteiger partial charge in [-0.15, -0.1) is 0 Å². The van der Waals surface area contributed by atoms with Crippen LogP contribution in [0.4, 0.5) is 0 Å². The molecule has 0 radical (unpaired) electrons. The quantitative estimate of drug-likeness (QED) is 0.822. The normalized spacial score (nSPS) is 32.7. The van der Waals surface area contributed by atoms with Crippen LogP contribution in [0.5, 0.6) is 0 Å². The molecule has 2 N–H and O–H groups in total. The van der Waals surface area contributed by atoms with E-state index in [-0.39, 0.29) is 17.2 Å². The van der Waals surface area contributed by atoms with Crippen LogP contribution in [-0.2, 0) is 4.74 Å². The van der Waals surface area contributed by atoms with Crippen LogP contribution in [0.25, 0.3) is 0 Å². The maximum Gasteiger partial charge on any atom is 0.0677 e. The standard InChI is InChI=1S/C18H35NO/c1-13(2)11-18(9-7-8-10-18)15(19)14-12-16(3,4)20-17(14,5)6/h13-15H,7-12,19H2,1-6H3. The summed E-state index contributed by atoms with van der Waals surface area (Å²) in [4.78, 5) is 0. The Morgan fingerprint density at radius 3 is 2.05 bits per heavy atom. The van der Waals surface area contributed by atoms with E-state index in [2.05, 4.69) is 41.5 Å². The van der Waals surface area contributed by atoms with E-state index in [1.807, 2.05) is 0 Å². The molecule has 0 aromatic heterocycles. The van der Waals surface area contributed by atoms with Crippen molar-refractivity contribution in [3.05, 3.63) is 0 Å². The fraction of sp³-hybridized carbons (Fsp3) is 1.00. The smallest absolute Gasteiger partial charge is 0.0677 e. The SMILES string of the molecule is CC(C)CC1(C(N)C2CC(C)(C)OC2(C)C)CCCC1. The minimum absolute atomic E-state index is 0.0244. The summed E-state index contributed by atoms with van der Waals surface area (Å²) in [5, 5.41) is 0. The van der Waals surface area contributed by atoms with Crippen molar-refractivity contribution < 1.29 is 4.74 Å². The van der Waals surface area contributed by atoms with Gasteiger partial charge in [0.1, 0.15) is 0 Å². The molecule has 20 heavy (non-hydrogen) atoms. The second-order valence-corrected chi connectivity index (χ2v) is 8.97. The van der Waals surface area contributed by atoms with Gasteiger partial charge in [0.2, 0.25) is 0 Å². The lowest BCUT2D eigenvalue weighted by atomic mass is 9.65. The summed E-state index contributed by atoms with van der Waals surface area (Å²) in [5.74, 6) is 1.21. The number of hydrogen-bond donors (Lipinski definition) is 1. The molecule has 0 aromatic rings. The van der Waals surface area contributed by atoms with Crippen LogP contribution in [0.2, 0.25) is 0 Å². The summed E-state index contributed by atoms with van der Waals surface area (Å²) in [6, 6.07) is 0.282. The third-order valence-electron chi connectivity index (χ3n) is 5.70. The first-order valence-electron chi connectivity index (χ1n) is 8.54. The van der Waals surface area contributed by atoms with Crippen LogP contribution in [-0.4, -0.2) is 17.2 Å². The van der Waals surface area contributed by atoms with Gasteiger partial charge in [0.05, 0.1) is 11.2 Å². The molecule has 1 aliphatic carbocycles. The summed E-state index contributed by atoms with van der Waals surface area (Å²) in [6.07, 6.45) is 7.73. The van der Waals surface area contributed by atoms with Gasteiger partial charge in [0, 0.05) is 12.0 Å². The van der Waals surface area contributed by atoms with Crippen molar-refractivity contribution in [2.75, 3.05) is 0 Å².